The third-order valence-corrected chi connectivity index (χ3v) is 14.5. The second kappa shape index (κ2) is 14.9. The van der Waals surface area contributed by atoms with E-state index in [1.165, 1.54) is 24.3 Å². The quantitative estimate of drug-likeness (QED) is 0.0921. The molecule has 0 saturated heterocycles. The molecule has 52 heavy (non-hydrogen) atoms. The molecule has 0 atom stereocenters. The van der Waals surface area contributed by atoms with Gasteiger partial charge in [-0.15, -0.1) is 0 Å². The lowest BCUT2D eigenvalue weighted by Gasteiger charge is -2.26. The van der Waals surface area contributed by atoms with Gasteiger partial charge in [-0.25, -0.2) is 0 Å². The topological polar surface area (TPSA) is 224 Å². The van der Waals surface area contributed by atoms with E-state index in [2.05, 4.69) is 0 Å². The van der Waals surface area contributed by atoms with Crippen LogP contribution in [0.5, 0.6) is 0 Å². The number of allylic oxidation sites excluding steroid dienone is 8. The van der Waals surface area contributed by atoms with Gasteiger partial charge in [0.25, 0.3) is 40.5 Å². The van der Waals surface area contributed by atoms with Crippen LogP contribution in [0.2, 0.25) is 0 Å². The minimum absolute atomic E-state index is 0.135. The van der Waals surface area contributed by atoms with Crippen molar-refractivity contribution >= 4 is 103 Å². The molecule has 14 nitrogen and oxygen atoms in total. The highest BCUT2D eigenvalue weighted by molar-refractivity contribution is 14.1. The maximum absolute atomic E-state index is 12.1. The predicted octanol–water partition coefficient (Wildman–Crippen LogP) is 5.28. The SMILES string of the molecule is CC(/C=C/C=C1/N(CCS(=O)(=O)O)c2cc([124I])c(S(=O)(=O)O)cc2C1(C)C)=C\C=C\C1=[N+](CCS(=O)(=O)O)c2cc([123I])c(S(=O)(=O)O)cc2C1(C)C. The Kier molecular flexibility index (Phi) is 12.2. The second-order valence-electron chi connectivity index (χ2n) is 13.2. The van der Waals surface area contributed by atoms with E-state index in [1.807, 2.05) is 27.7 Å². The zero-order chi connectivity index (χ0) is 39.4. The molecule has 284 valence electrons. The fourth-order valence-electron chi connectivity index (χ4n) is 6.27. The maximum atomic E-state index is 12.1. The maximum Gasteiger partial charge on any atom is 0.295 e. The first-order valence-electron chi connectivity index (χ1n) is 15.3. The standard InChI is InChI=1S/C32H36I2N2O12S4/c1-20(8-6-10-29-31(2,3)21-16-27(51(43,44)45)23(33)18-25(21)35(29)12-14-49(37,38)39)9-7-11-30-32(4,5)22-17-28(52(46,47)48)24(34)19-26(22)36(30)13-15-50(40,41)42/h6-11,16-19H,12-15H2,1-5H3,(H3-,37,38,39,40,41,42,43,44,45,46,47,48)/p+1/i33-4,34-3. The molecule has 0 unspecified atom stereocenters. The number of benzene rings is 2. The number of hydrogen-bond donors (Lipinski definition) is 4. The van der Waals surface area contributed by atoms with Crippen molar-refractivity contribution in [2.45, 2.75) is 55.2 Å². The molecule has 4 rings (SSSR count). The van der Waals surface area contributed by atoms with Gasteiger partial charge in [-0.05, 0) is 95.8 Å². The molecule has 0 amide bonds. The van der Waals surface area contributed by atoms with Gasteiger partial charge >= 0.3 is 0 Å². The van der Waals surface area contributed by atoms with Crippen molar-refractivity contribution in [2.24, 2.45) is 0 Å². The molecule has 0 aliphatic carbocycles. The Bertz CT molecular complexity index is 2450. The van der Waals surface area contributed by atoms with Crippen molar-refractivity contribution in [2.75, 3.05) is 29.5 Å². The Hall–Kier alpha value is -2.03. The smallest absolute Gasteiger partial charge is 0.295 e. The highest BCUT2D eigenvalue weighted by Crippen LogP contribution is 2.49. The number of hydrogen-bond acceptors (Lipinski definition) is 9. The van der Waals surface area contributed by atoms with Gasteiger partial charge in [0.2, 0.25) is 5.69 Å². The van der Waals surface area contributed by atoms with Gasteiger partial charge < -0.3 is 4.90 Å². The van der Waals surface area contributed by atoms with Crippen LogP contribution in [0.4, 0.5) is 11.4 Å². The van der Waals surface area contributed by atoms with Crippen molar-refractivity contribution < 1.29 is 56.5 Å². The summed E-state index contributed by atoms with van der Waals surface area (Å²) in [7, 11) is -17.8. The van der Waals surface area contributed by atoms with Crippen LogP contribution in [-0.4, -0.2) is 86.8 Å². The predicted molar refractivity (Wildman–Crippen MR) is 214 cm³/mol. The van der Waals surface area contributed by atoms with Gasteiger partial charge in [-0.1, -0.05) is 43.7 Å². The van der Waals surface area contributed by atoms with E-state index < -0.39 is 62.8 Å². The summed E-state index contributed by atoms with van der Waals surface area (Å²) in [6, 6.07) is 5.79. The normalized spacial score (nSPS) is 18.6. The van der Waals surface area contributed by atoms with Gasteiger partial charge in [-0.2, -0.15) is 38.2 Å². The molecule has 0 radical (unpaired) electrons. The fraction of sp³-hybridized carbons (Fsp3) is 0.344. The first-order chi connectivity index (χ1) is 23.6. The molecular formula is C32H37I2N2O12S4+. The van der Waals surface area contributed by atoms with Crippen molar-refractivity contribution in [3.8, 4) is 0 Å². The van der Waals surface area contributed by atoms with Gasteiger partial charge in [0, 0.05) is 48.2 Å². The molecule has 0 aromatic heterocycles. The lowest BCUT2D eigenvalue weighted by atomic mass is 9.81. The lowest BCUT2D eigenvalue weighted by molar-refractivity contribution is -0.432. The molecule has 2 aromatic carbocycles. The molecule has 20 heteroatoms. The zero-order valence-corrected chi connectivity index (χ0v) is 36.0. The van der Waals surface area contributed by atoms with E-state index >= 15 is 0 Å². The molecule has 2 aliphatic rings. The molecular weight excluding hydrogens is 979 g/mol. The van der Waals surface area contributed by atoms with Crippen LogP contribution in [0.15, 0.2) is 81.8 Å². The Balaban J connectivity index is 1.72. The van der Waals surface area contributed by atoms with Crippen LogP contribution in [-0.2, 0) is 51.3 Å². The van der Waals surface area contributed by atoms with Crippen LogP contribution in [0.1, 0.15) is 45.7 Å². The minimum Gasteiger partial charge on any atom is -0.343 e. The van der Waals surface area contributed by atoms with Crippen LogP contribution in [0.3, 0.4) is 0 Å². The molecule has 0 spiro atoms. The third-order valence-electron chi connectivity index (χ3n) is 8.82. The summed E-state index contributed by atoms with van der Waals surface area (Å²) in [5.74, 6) is -1.19. The number of halogens is 2. The zero-order valence-electron chi connectivity index (χ0n) is 28.4. The molecule has 0 bridgehead atoms. The molecule has 0 fully saturated rings. The van der Waals surface area contributed by atoms with E-state index in [1.54, 1.807) is 98.0 Å². The number of rotatable bonds is 12. The monoisotopic (exact) mass is 1020 g/mol. The summed E-state index contributed by atoms with van der Waals surface area (Å²) < 4.78 is 136. The van der Waals surface area contributed by atoms with Crippen LogP contribution in [0, 0.1) is 7.14 Å². The largest absolute Gasteiger partial charge is 0.343 e. The highest BCUT2D eigenvalue weighted by atomic mass is 124. The van der Waals surface area contributed by atoms with Crippen molar-refractivity contribution in [3.63, 3.8) is 0 Å². The summed E-state index contributed by atoms with van der Waals surface area (Å²) in [6.45, 7) is 8.80. The number of fused-ring (bicyclic) bond motifs is 2. The average Bonchev–Trinajstić information content (AvgIpc) is 3.29. The second-order valence-corrected chi connectivity index (χ2v) is 21.5. The number of anilines is 1. The first-order valence-corrected chi connectivity index (χ1v) is 23.5. The Morgan fingerprint density at radius 3 is 1.96 bits per heavy atom. The molecule has 4 N–H and O–H groups in total. The third kappa shape index (κ3) is 9.42. The van der Waals surface area contributed by atoms with E-state index in [4.69, 9.17) is 0 Å². The molecule has 2 heterocycles. The lowest BCUT2D eigenvalue weighted by Crippen LogP contribution is -2.30. The molecule has 2 aliphatic heterocycles. The number of nitrogens with zero attached hydrogens (tertiary/aromatic N) is 2. The van der Waals surface area contributed by atoms with E-state index in [0.29, 0.717) is 33.9 Å². The van der Waals surface area contributed by atoms with Crippen LogP contribution < -0.4 is 4.90 Å². The first kappa shape index (κ1) is 42.7. The Labute approximate surface area is 331 Å². The van der Waals surface area contributed by atoms with Gasteiger partial charge in [0.1, 0.15) is 15.5 Å². The summed E-state index contributed by atoms with van der Waals surface area (Å²) in [5.41, 5.74) is 2.35. The van der Waals surface area contributed by atoms with E-state index in [-0.39, 0.29) is 30.0 Å². The average molecular weight is 1020 g/mol. The van der Waals surface area contributed by atoms with Gasteiger partial charge in [-0.3, -0.25) is 18.2 Å². The Morgan fingerprint density at radius 2 is 1.40 bits per heavy atom. The molecule has 2 aromatic rings. The van der Waals surface area contributed by atoms with Crippen LogP contribution in [0.25, 0.3) is 0 Å². The fourth-order valence-corrected chi connectivity index (χ4v) is 10.8. The van der Waals surface area contributed by atoms with E-state index in [0.717, 1.165) is 5.57 Å². The summed E-state index contributed by atoms with van der Waals surface area (Å²) in [5, 5.41) is 0. The molecule has 0 saturated carbocycles. The van der Waals surface area contributed by atoms with Crippen LogP contribution >= 0.6 is 45.2 Å². The van der Waals surface area contributed by atoms with Crippen molar-refractivity contribution in [1.29, 1.82) is 0 Å². The van der Waals surface area contributed by atoms with Gasteiger partial charge in [0.05, 0.1) is 11.2 Å². The van der Waals surface area contributed by atoms with Gasteiger partial charge in [0.15, 0.2) is 12.3 Å². The summed E-state index contributed by atoms with van der Waals surface area (Å²) >= 11 is 3.55. The highest BCUT2D eigenvalue weighted by Gasteiger charge is 2.46. The minimum atomic E-state index is -4.55. The van der Waals surface area contributed by atoms with E-state index in [9.17, 15) is 51.9 Å². The Morgan fingerprint density at radius 1 is 0.827 bits per heavy atom. The summed E-state index contributed by atoms with van der Waals surface area (Å²) in [4.78, 5) is 1.11. The summed E-state index contributed by atoms with van der Waals surface area (Å²) in [6.07, 6.45) is 10.4. The van der Waals surface area contributed by atoms with Crippen molar-refractivity contribution in [1.82, 2.24) is 0 Å². The van der Waals surface area contributed by atoms with Crippen molar-refractivity contribution in [3.05, 3.63) is 90.3 Å².